The van der Waals surface area contributed by atoms with E-state index in [9.17, 15) is 19.4 Å². The molecule has 3 atom stereocenters. The van der Waals surface area contributed by atoms with Crippen LogP contribution in [0.15, 0.2) is 0 Å². The van der Waals surface area contributed by atoms with Gasteiger partial charge in [0, 0.05) is 6.42 Å². The standard InChI is InChI=1S/C56H115N2O6P/c1-6-8-10-12-14-16-18-20-22-23-24-25-26-27-28-29-30-31-32-33-34-36-37-39-41-43-45-47-49-55(59)54(53-64-65(61,62)63-52-51-58(3,4)5)57-56(60)50-48-46-44-42-40-38-35-21-19-17-15-13-11-9-7-2/h54-55,59H,6-53H2,1-5H3,(H-,57,60,61,62)/p+1. The van der Waals surface area contributed by atoms with Gasteiger partial charge in [0.15, 0.2) is 0 Å². The summed E-state index contributed by atoms with van der Waals surface area (Å²) in [7, 11) is 1.64. The van der Waals surface area contributed by atoms with E-state index in [0.29, 0.717) is 23.9 Å². The number of unbranched alkanes of at least 4 members (excludes halogenated alkanes) is 41. The van der Waals surface area contributed by atoms with Gasteiger partial charge in [0.1, 0.15) is 13.2 Å². The third-order valence-electron chi connectivity index (χ3n) is 13.6. The fourth-order valence-corrected chi connectivity index (χ4v) is 9.79. The van der Waals surface area contributed by atoms with Crippen LogP contribution in [-0.4, -0.2) is 73.4 Å². The molecule has 0 fully saturated rings. The van der Waals surface area contributed by atoms with Crippen molar-refractivity contribution < 1.29 is 32.9 Å². The third-order valence-corrected chi connectivity index (χ3v) is 14.6. The largest absolute Gasteiger partial charge is 0.472 e. The highest BCUT2D eigenvalue weighted by Gasteiger charge is 2.28. The van der Waals surface area contributed by atoms with E-state index in [1.165, 1.54) is 238 Å². The lowest BCUT2D eigenvalue weighted by molar-refractivity contribution is -0.870. The molecule has 1 amide bonds. The van der Waals surface area contributed by atoms with Crippen molar-refractivity contribution in [2.75, 3.05) is 40.9 Å². The Balaban J connectivity index is 4.05. The average molecular weight is 945 g/mol. The molecule has 3 N–H and O–H groups in total. The van der Waals surface area contributed by atoms with Crippen LogP contribution in [0.2, 0.25) is 0 Å². The fraction of sp³-hybridized carbons (Fsp3) is 0.982. The molecule has 0 rings (SSSR count). The van der Waals surface area contributed by atoms with E-state index in [1.54, 1.807) is 0 Å². The number of carbonyl (C=O) groups is 1. The lowest BCUT2D eigenvalue weighted by Gasteiger charge is -2.26. The Kier molecular flexibility index (Phi) is 48.1. The van der Waals surface area contributed by atoms with Gasteiger partial charge in [-0.2, -0.15) is 0 Å². The van der Waals surface area contributed by atoms with Gasteiger partial charge in [-0.3, -0.25) is 13.8 Å². The Morgan fingerprint density at radius 2 is 0.738 bits per heavy atom. The van der Waals surface area contributed by atoms with Crippen LogP contribution in [0.1, 0.15) is 303 Å². The van der Waals surface area contributed by atoms with Gasteiger partial charge in [-0.15, -0.1) is 0 Å². The summed E-state index contributed by atoms with van der Waals surface area (Å²) < 4.78 is 23.8. The number of carbonyl (C=O) groups excluding carboxylic acids is 1. The summed E-state index contributed by atoms with van der Waals surface area (Å²) in [4.78, 5) is 23.3. The molecule has 0 aliphatic rings. The van der Waals surface area contributed by atoms with Crippen molar-refractivity contribution in [3.05, 3.63) is 0 Å². The van der Waals surface area contributed by atoms with Crippen molar-refractivity contribution in [1.29, 1.82) is 0 Å². The first kappa shape index (κ1) is 64.5. The minimum atomic E-state index is -4.32. The molecule has 0 aromatic carbocycles. The van der Waals surface area contributed by atoms with Gasteiger partial charge in [0.05, 0.1) is 39.9 Å². The number of nitrogens with one attached hydrogen (secondary N) is 1. The molecule has 0 aromatic heterocycles. The molecule has 8 nitrogen and oxygen atoms in total. The van der Waals surface area contributed by atoms with E-state index in [-0.39, 0.29) is 19.1 Å². The van der Waals surface area contributed by atoms with Crippen LogP contribution >= 0.6 is 7.82 Å². The number of aliphatic hydroxyl groups excluding tert-OH is 1. The van der Waals surface area contributed by atoms with Crippen LogP contribution in [0.5, 0.6) is 0 Å². The Hall–Kier alpha value is -0.500. The molecule has 0 saturated heterocycles. The first-order valence-electron chi connectivity index (χ1n) is 28.9. The van der Waals surface area contributed by atoms with Crippen molar-refractivity contribution >= 4 is 13.7 Å². The van der Waals surface area contributed by atoms with E-state index in [4.69, 9.17) is 9.05 Å². The van der Waals surface area contributed by atoms with Crippen molar-refractivity contribution in [2.24, 2.45) is 0 Å². The number of phosphoric ester groups is 1. The van der Waals surface area contributed by atoms with Gasteiger partial charge in [-0.1, -0.05) is 284 Å². The van der Waals surface area contributed by atoms with Crippen LogP contribution < -0.4 is 5.32 Å². The highest BCUT2D eigenvalue weighted by molar-refractivity contribution is 7.47. The van der Waals surface area contributed by atoms with Crippen LogP contribution in [0.25, 0.3) is 0 Å². The van der Waals surface area contributed by atoms with Crippen LogP contribution in [0.4, 0.5) is 0 Å². The zero-order valence-corrected chi connectivity index (χ0v) is 45.4. The predicted octanol–water partition coefficient (Wildman–Crippen LogP) is 17.3. The monoisotopic (exact) mass is 944 g/mol. The Labute approximate surface area is 406 Å². The van der Waals surface area contributed by atoms with Crippen molar-refractivity contribution in [3.63, 3.8) is 0 Å². The second kappa shape index (κ2) is 48.5. The van der Waals surface area contributed by atoms with Gasteiger partial charge < -0.3 is 19.8 Å². The van der Waals surface area contributed by atoms with Crippen molar-refractivity contribution in [1.82, 2.24) is 5.32 Å². The van der Waals surface area contributed by atoms with Crippen LogP contribution in [0, 0.1) is 0 Å². The van der Waals surface area contributed by atoms with Gasteiger partial charge >= 0.3 is 7.82 Å². The molecule has 0 aromatic rings. The number of aliphatic hydroxyl groups is 1. The Bertz CT molecular complexity index is 1030. The molecule has 9 heteroatoms. The topological polar surface area (TPSA) is 105 Å². The number of nitrogens with zero attached hydrogens (tertiary/aromatic N) is 1. The van der Waals surface area contributed by atoms with E-state index < -0.39 is 20.0 Å². The number of quaternary nitrogens is 1. The number of rotatable bonds is 54. The molecule has 0 saturated carbocycles. The minimum absolute atomic E-state index is 0.0791. The first-order chi connectivity index (χ1) is 31.5. The van der Waals surface area contributed by atoms with E-state index in [2.05, 4.69) is 19.2 Å². The molecular weight excluding hydrogens is 828 g/mol. The average Bonchev–Trinajstić information content (AvgIpc) is 3.26. The van der Waals surface area contributed by atoms with E-state index in [0.717, 1.165) is 38.5 Å². The molecule has 0 radical (unpaired) electrons. The summed E-state index contributed by atoms with van der Waals surface area (Å²) >= 11 is 0. The molecule has 0 aliphatic carbocycles. The summed E-state index contributed by atoms with van der Waals surface area (Å²) in [5.74, 6) is -0.138. The number of hydrogen-bond acceptors (Lipinski definition) is 5. The van der Waals surface area contributed by atoms with Crippen molar-refractivity contribution in [2.45, 2.75) is 315 Å². The summed E-state index contributed by atoms with van der Waals surface area (Å²) in [5.41, 5.74) is 0. The van der Waals surface area contributed by atoms with E-state index >= 15 is 0 Å². The number of amides is 1. The Morgan fingerprint density at radius 3 is 1.03 bits per heavy atom. The number of phosphoric acid groups is 1. The normalized spacial score (nSPS) is 13.9. The first-order valence-corrected chi connectivity index (χ1v) is 30.4. The maximum atomic E-state index is 13.0. The predicted molar refractivity (Wildman–Crippen MR) is 282 cm³/mol. The SMILES string of the molecule is CCCCCCCCCCCCCCCCCCCCCCCCCCCCCCC(O)C(COP(=O)(O)OCC[N+](C)(C)C)NC(=O)CCCCCCCCCCCCCCCCC. The van der Waals surface area contributed by atoms with Gasteiger partial charge in [-0.05, 0) is 12.8 Å². The second-order valence-electron chi connectivity index (χ2n) is 21.4. The third kappa shape index (κ3) is 51.2. The second-order valence-corrected chi connectivity index (χ2v) is 22.8. The molecular formula is C56H116N2O6P+. The molecule has 0 bridgehead atoms. The molecule has 3 unspecified atom stereocenters. The molecule has 390 valence electrons. The molecule has 65 heavy (non-hydrogen) atoms. The van der Waals surface area contributed by atoms with Gasteiger partial charge in [0.2, 0.25) is 5.91 Å². The lowest BCUT2D eigenvalue weighted by Crippen LogP contribution is -2.46. The highest BCUT2D eigenvalue weighted by Crippen LogP contribution is 2.43. The van der Waals surface area contributed by atoms with Gasteiger partial charge in [-0.25, -0.2) is 4.57 Å². The zero-order chi connectivity index (χ0) is 47.8. The molecule has 0 spiro atoms. The summed E-state index contributed by atoms with van der Waals surface area (Å²) in [5, 5.41) is 14.1. The van der Waals surface area contributed by atoms with Crippen LogP contribution in [-0.2, 0) is 18.4 Å². The lowest BCUT2D eigenvalue weighted by atomic mass is 10.0. The van der Waals surface area contributed by atoms with Crippen molar-refractivity contribution in [3.8, 4) is 0 Å². The fourth-order valence-electron chi connectivity index (χ4n) is 9.05. The summed E-state index contributed by atoms with van der Waals surface area (Å²) in [6.45, 7) is 4.94. The zero-order valence-electron chi connectivity index (χ0n) is 44.5. The highest BCUT2D eigenvalue weighted by atomic mass is 31.2. The quantitative estimate of drug-likeness (QED) is 0.0319. The summed E-state index contributed by atoms with van der Waals surface area (Å²) in [6, 6.07) is -0.754. The molecule has 0 aliphatic heterocycles. The van der Waals surface area contributed by atoms with Gasteiger partial charge in [0.25, 0.3) is 0 Å². The number of hydrogen-bond donors (Lipinski definition) is 3. The smallest absolute Gasteiger partial charge is 0.391 e. The summed E-state index contributed by atoms with van der Waals surface area (Å²) in [6.07, 6.45) is 57.3. The molecule has 0 heterocycles. The minimum Gasteiger partial charge on any atom is -0.391 e. The maximum Gasteiger partial charge on any atom is 0.472 e. The number of likely N-dealkylation sites (N-methyl/N-ethyl adjacent to an activating group) is 1. The van der Waals surface area contributed by atoms with E-state index in [1.807, 2.05) is 21.1 Å². The Morgan fingerprint density at radius 1 is 0.462 bits per heavy atom. The maximum absolute atomic E-state index is 13.0. The van der Waals surface area contributed by atoms with Crippen LogP contribution in [0.3, 0.4) is 0 Å².